The topological polar surface area (TPSA) is 81.5 Å². The summed E-state index contributed by atoms with van der Waals surface area (Å²) in [5, 5.41) is 14.2. The Bertz CT molecular complexity index is 812. The zero-order valence-electron chi connectivity index (χ0n) is 12.3. The van der Waals surface area contributed by atoms with Gasteiger partial charge in [0.1, 0.15) is 5.75 Å². The lowest BCUT2D eigenvalue weighted by molar-refractivity contribution is -0.385. The average Bonchev–Trinajstić information content (AvgIpc) is 2.51. The standard InChI is InChI=1S/C15H11Cl3N2O4/c1-8-12(3-2-4-13(8)20(22)23)19-15(21)7-24-14-6-10(17)9(16)5-11(14)18/h2-6H,7H2,1H3,(H,19,21). The molecule has 0 heterocycles. The number of hydrogen-bond donors (Lipinski definition) is 1. The Labute approximate surface area is 152 Å². The number of carbonyl (C=O) groups excluding carboxylic acids is 1. The summed E-state index contributed by atoms with van der Waals surface area (Å²) < 4.78 is 5.30. The van der Waals surface area contributed by atoms with Crippen molar-refractivity contribution >= 4 is 52.1 Å². The molecule has 0 bridgehead atoms. The van der Waals surface area contributed by atoms with Crippen molar-refractivity contribution in [3.05, 3.63) is 61.1 Å². The van der Waals surface area contributed by atoms with Crippen LogP contribution in [-0.2, 0) is 4.79 Å². The van der Waals surface area contributed by atoms with Crippen LogP contribution in [0.15, 0.2) is 30.3 Å². The third-order valence-corrected chi connectivity index (χ3v) is 4.13. The van der Waals surface area contributed by atoms with E-state index in [4.69, 9.17) is 39.5 Å². The van der Waals surface area contributed by atoms with E-state index in [1.54, 1.807) is 13.0 Å². The monoisotopic (exact) mass is 388 g/mol. The van der Waals surface area contributed by atoms with E-state index < -0.39 is 10.8 Å². The predicted molar refractivity (Wildman–Crippen MR) is 93.4 cm³/mol. The molecule has 0 unspecified atom stereocenters. The second-order valence-electron chi connectivity index (χ2n) is 4.74. The van der Waals surface area contributed by atoms with E-state index in [0.29, 0.717) is 11.3 Å². The number of rotatable bonds is 5. The molecule has 0 aliphatic carbocycles. The van der Waals surface area contributed by atoms with Crippen LogP contribution >= 0.6 is 34.8 Å². The molecule has 0 aromatic heterocycles. The third kappa shape index (κ3) is 4.29. The zero-order chi connectivity index (χ0) is 17.9. The van der Waals surface area contributed by atoms with Crippen LogP contribution in [0.4, 0.5) is 11.4 Å². The Kier molecular flexibility index (Phi) is 5.88. The van der Waals surface area contributed by atoms with Crippen molar-refractivity contribution in [2.24, 2.45) is 0 Å². The second-order valence-corrected chi connectivity index (χ2v) is 5.96. The minimum Gasteiger partial charge on any atom is -0.482 e. The van der Waals surface area contributed by atoms with Gasteiger partial charge >= 0.3 is 0 Å². The number of benzene rings is 2. The van der Waals surface area contributed by atoms with Crippen LogP contribution in [0, 0.1) is 17.0 Å². The number of nitrogens with zero attached hydrogens (tertiary/aromatic N) is 1. The first-order valence-electron chi connectivity index (χ1n) is 6.60. The molecule has 0 aliphatic rings. The smallest absolute Gasteiger partial charge is 0.274 e. The summed E-state index contributed by atoms with van der Waals surface area (Å²) in [6, 6.07) is 7.21. The molecule has 0 fully saturated rings. The summed E-state index contributed by atoms with van der Waals surface area (Å²) in [6.07, 6.45) is 0. The molecule has 126 valence electrons. The number of nitro groups is 1. The lowest BCUT2D eigenvalue weighted by Crippen LogP contribution is -2.21. The van der Waals surface area contributed by atoms with E-state index in [9.17, 15) is 14.9 Å². The van der Waals surface area contributed by atoms with Crippen LogP contribution in [0.25, 0.3) is 0 Å². The minimum atomic E-state index is -0.517. The Morgan fingerprint density at radius 3 is 2.54 bits per heavy atom. The Hall–Kier alpha value is -2.02. The van der Waals surface area contributed by atoms with E-state index in [0.717, 1.165) is 0 Å². The van der Waals surface area contributed by atoms with Crippen molar-refractivity contribution in [2.75, 3.05) is 11.9 Å². The largest absolute Gasteiger partial charge is 0.482 e. The van der Waals surface area contributed by atoms with E-state index in [-0.39, 0.29) is 33.1 Å². The van der Waals surface area contributed by atoms with Gasteiger partial charge in [-0.2, -0.15) is 0 Å². The summed E-state index contributed by atoms with van der Waals surface area (Å²) in [4.78, 5) is 22.4. The number of ether oxygens (including phenoxy) is 1. The number of anilines is 1. The number of nitro benzene ring substituents is 1. The predicted octanol–water partition coefficient (Wildman–Crippen LogP) is 4.88. The van der Waals surface area contributed by atoms with Crippen molar-refractivity contribution in [3.8, 4) is 5.75 Å². The van der Waals surface area contributed by atoms with Gasteiger partial charge < -0.3 is 10.1 Å². The first-order chi connectivity index (χ1) is 11.3. The molecular formula is C15H11Cl3N2O4. The first kappa shape index (κ1) is 18.3. The molecule has 0 atom stereocenters. The van der Waals surface area contributed by atoms with Gasteiger partial charge in [-0.25, -0.2) is 0 Å². The highest BCUT2D eigenvalue weighted by atomic mass is 35.5. The fraction of sp³-hybridized carbons (Fsp3) is 0.133. The SMILES string of the molecule is Cc1c(NC(=O)COc2cc(Cl)c(Cl)cc2Cl)cccc1[N+](=O)[O-]. The molecule has 0 radical (unpaired) electrons. The maximum Gasteiger partial charge on any atom is 0.274 e. The Morgan fingerprint density at radius 2 is 1.88 bits per heavy atom. The molecule has 2 aromatic rings. The van der Waals surface area contributed by atoms with Crippen LogP contribution < -0.4 is 10.1 Å². The summed E-state index contributed by atoms with van der Waals surface area (Å²) in [5.74, 6) is -0.294. The highest BCUT2D eigenvalue weighted by Crippen LogP contribution is 2.33. The number of hydrogen-bond acceptors (Lipinski definition) is 4. The van der Waals surface area contributed by atoms with Crippen LogP contribution in [0.5, 0.6) is 5.75 Å². The van der Waals surface area contributed by atoms with Gasteiger partial charge in [0.15, 0.2) is 6.61 Å². The van der Waals surface area contributed by atoms with Crippen LogP contribution in [0.3, 0.4) is 0 Å². The quantitative estimate of drug-likeness (QED) is 0.449. The number of amides is 1. The van der Waals surface area contributed by atoms with Crippen molar-refractivity contribution in [3.63, 3.8) is 0 Å². The summed E-state index contributed by atoms with van der Waals surface area (Å²) in [5.41, 5.74) is 0.600. The fourth-order valence-electron chi connectivity index (χ4n) is 1.90. The molecule has 2 rings (SSSR count). The van der Waals surface area contributed by atoms with Gasteiger partial charge in [0, 0.05) is 12.1 Å². The molecule has 0 aliphatic heterocycles. The van der Waals surface area contributed by atoms with Gasteiger partial charge in [0.05, 0.1) is 31.2 Å². The van der Waals surface area contributed by atoms with Crippen molar-refractivity contribution in [2.45, 2.75) is 6.92 Å². The maximum atomic E-state index is 12.0. The maximum absolute atomic E-state index is 12.0. The molecule has 6 nitrogen and oxygen atoms in total. The average molecular weight is 390 g/mol. The summed E-state index contributed by atoms with van der Waals surface area (Å²) >= 11 is 17.6. The minimum absolute atomic E-state index is 0.0822. The van der Waals surface area contributed by atoms with E-state index in [1.165, 1.54) is 24.3 Å². The van der Waals surface area contributed by atoms with Crippen LogP contribution in [0.2, 0.25) is 15.1 Å². The molecule has 2 aromatic carbocycles. The number of nitrogens with one attached hydrogen (secondary N) is 1. The van der Waals surface area contributed by atoms with Gasteiger partial charge in [-0.3, -0.25) is 14.9 Å². The second kappa shape index (κ2) is 7.70. The van der Waals surface area contributed by atoms with Crippen molar-refractivity contribution in [1.29, 1.82) is 0 Å². The van der Waals surface area contributed by atoms with Gasteiger partial charge in [-0.1, -0.05) is 40.9 Å². The van der Waals surface area contributed by atoms with E-state index in [2.05, 4.69) is 5.32 Å². The van der Waals surface area contributed by atoms with E-state index in [1.807, 2.05) is 0 Å². The van der Waals surface area contributed by atoms with Gasteiger partial charge in [-0.15, -0.1) is 0 Å². The fourth-order valence-corrected chi connectivity index (χ4v) is 2.49. The molecule has 0 saturated heterocycles. The molecule has 0 saturated carbocycles. The molecular weight excluding hydrogens is 379 g/mol. The lowest BCUT2D eigenvalue weighted by Gasteiger charge is -2.11. The van der Waals surface area contributed by atoms with Gasteiger partial charge in [0.25, 0.3) is 11.6 Å². The summed E-state index contributed by atoms with van der Waals surface area (Å²) in [7, 11) is 0. The Morgan fingerprint density at radius 1 is 1.21 bits per heavy atom. The lowest BCUT2D eigenvalue weighted by atomic mass is 10.1. The Balaban J connectivity index is 2.06. The van der Waals surface area contributed by atoms with Crippen molar-refractivity contribution < 1.29 is 14.5 Å². The van der Waals surface area contributed by atoms with Gasteiger partial charge in [-0.05, 0) is 19.1 Å². The molecule has 24 heavy (non-hydrogen) atoms. The van der Waals surface area contributed by atoms with Crippen LogP contribution in [0.1, 0.15) is 5.56 Å². The van der Waals surface area contributed by atoms with Crippen LogP contribution in [-0.4, -0.2) is 17.4 Å². The highest BCUT2D eigenvalue weighted by molar-refractivity contribution is 6.43. The highest BCUT2D eigenvalue weighted by Gasteiger charge is 2.15. The van der Waals surface area contributed by atoms with E-state index >= 15 is 0 Å². The third-order valence-electron chi connectivity index (χ3n) is 3.11. The number of halogens is 3. The molecule has 1 amide bonds. The normalized spacial score (nSPS) is 10.3. The van der Waals surface area contributed by atoms with Gasteiger partial charge in [0.2, 0.25) is 0 Å². The molecule has 9 heteroatoms. The summed E-state index contributed by atoms with van der Waals surface area (Å²) in [6.45, 7) is 1.20. The molecule has 0 spiro atoms. The number of carbonyl (C=O) groups is 1. The molecule has 1 N–H and O–H groups in total. The zero-order valence-corrected chi connectivity index (χ0v) is 14.6. The van der Waals surface area contributed by atoms with Crippen molar-refractivity contribution in [1.82, 2.24) is 0 Å². The first-order valence-corrected chi connectivity index (χ1v) is 7.74.